The molecule has 0 bridgehead atoms. The van der Waals surface area contributed by atoms with Gasteiger partial charge in [-0.1, -0.05) is 0 Å². The van der Waals surface area contributed by atoms with Crippen LogP contribution in [-0.4, -0.2) is 45.3 Å². The second-order valence-electron chi connectivity index (χ2n) is 7.12. The highest BCUT2D eigenvalue weighted by Crippen LogP contribution is 2.44. The summed E-state index contributed by atoms with van der Waals surface area (Å²) in [5, 5.41) is 8.46. The van der Waals surface area contributed by atoms with Crippen molar-refractivity contribution < 1.29 is 0 Å². The van der Waals surface area contributed by atoms with Crippen molar-refractivity contribution in [2.24, 2.45) is 0 Å². The van der Waals surface area contributed by atoms with Crippen molar-refractivity contribution in [2.75, 3.05) is 24.5 Å². The van der Waals surface area contributed by atoms with Crippen LogP contribution in [0.2, 0.25) is 0 Å². The van der Waals surface area contributed by atoms with Crippen LogP contribution >= 0.6 is 0 Å². The molecule has 0 radical (unpaired) electrons. The number of fused-ring (bicyclic) bond motifs is 1. The summed E-state index contributed by atoms with van der Waals surface area (Å²) < 4.78 is 2.03. The summed E-state index contributed by atoms with van der Waals surface area (Å²) >= 11 is 0. The second kappa shape index (κ2) is 5.81. The highest BCUT2D eigenvalue weighted by Gasteiger charge is 2.31. The molecule has 1 saturated carbocycles. The fourth-order valence-electron chi connectivity index (χ4n) is 3.67. The van der Waals surface area contributed by atoms with Gasteiger partial charge in [0, 0.05) is 49.6 Å². The van der Waals surface area contributed by atoms with Crippen molar-refractivity contribution in [1.82, 2.24) is 24.9 Å². The third-order valence-electron chi connectivity index (χ3n) is 5.10. The number of hydrogen-bond donors (Lipinski definition) is 1. The van der Waals surface area contributed by atoms with Crippen LogP contribution in [0.15, 0.2) is 36.7 Å². The number of pyridine rings is 1. The molecule has 3 aromatic rings. The van der Waals surface area contributed by atoms with E-state index in [0.717, 1.165) is 42.4 Å². The topological polar surface area (TPSA) is 58.4 Å². The lowest BCUT2D eigenvalue weighted by Crippen LogP contribution is -2.49. The Morgan fingerprint density at radius 2 is 1.96 bits per heavy atom. The summed E-state index contributed by atoms with van der Waals surface area (Å²) in [7, 11) is 0. The number of nitrogens with zero attached hydrogens (tertiary/aromatic N) is 5. The van der Waals surface area contributed by atoms with E-state index in [0.29, 0.717) is 12.0 Å². The molecule has 1 atom stereocenters. The highest BCUT2D eigenvalue weighted by molar-refractivity contribution is 5.68. The highest BCUT2D eigenvalue weighted by atomic mass is 15.3. The van der Waals surface area contributed by atoms with E-state index < -0.39 is 0 Å². The molecule has 0 spiro atoms. The van der Waals surface area contributed by atoms with Crippen LogP contribution in [-0.2, 0) is 0 Å². The minimum atomic E-state index is 0.482. The molecule has 1 saturated heterocycles. The average Bonchev–Trinajstić information content (AvgIpc) is 3.42. The zero-order chi connectivity index (χ0) is 16.8. The van der Waals surface area contributed by atoms with Crippen molar-refractivity contribution >= 4 is 11.5 Å². The predicted octanol–water partition coefficient (Wildman–Crippen LogP) is 2.47. The molecule has 2 fully saturated rings. The third kappa shape index (κ3) is 2.66. The lowest BCUT2D eigenvalue weighted by molar-refractivity contribution is 0.481. The van der Waals surface area contributed by atoms with Crippen molar-refractivity contribution in [2.45, 2.75) is 31.7 Å². The Hall–Kier alpha value is -2.47. The Bertz CT molecular complexity index is 899. The molecular weight excluding hydrogens is 312 g/mol. The van der Waals surface area contributed by atoms with Crippen LogP contribution in [0.3, 0.4) is 0 Å². The van der Waals surface area contributed by atoms with E-state index in [-0.39, 0.29) is 0 Å². The van der Waals surface area contributed by atoms with Gasteiger partial charge in [0.05, 0.1) is 11.4 Å². The Morgan fingerprint density at radius 1 is 1.12 bits per heavy atom. The summed E-state index contributed by atoms with van der Waals surface area (Å²) in [4.78, 5) is 11.4. The van der Waals surface area contributed by atoms with Crippen LogP contribution < -0.4 is 10.2 Å². The third-order valence-corrected chi connectivity index (χ3v) is 5.10. The minimum Gasteiger partial charge on any atom is -0.352 e. The van der Waals surface area contributed by atoms with Gasteiger partial charge in [0.25, 0.3) is 0 Å². The van der Waals surface area contributed by atoms with E-state index in [1.165, 1.54) is 18.5 Å². The predicted molar refractivity (Wildman–Crippen MR) is 97.9 cm³/mol. The lowest BCUT2D eigenvalue weighted by atomic mass is 10.1. The lowest BCUT2D eigenvalue weighted by Gasteiger charge is -2.32. The largest absolute Gasteiger partial charge is 0.352 e. The Kier molecular flexibility index (Phi) is 3.45. The van der Waals surface area contributed by atoms with Crippen LogP contribution in [0.25, 0.3) is 16.9 Å². The van der Waals surface area contributed by atoms with Crippen LogP contribution in [0.4, 0.5) is 5.82 Å². The molecule has 4 heterocycles. The molecule has 0 aromatic carbocycles. The molecule has 3 aromatic heterocycles. The molecule has 1 unspecified atom stereocenters. The first-order valence-electron chi connectivity index (χ1n) is 9.08. The Labute approximate surface area is 146 Å². The molecule has 2 aliphatic rings. The Balaban J connectivity index is 1.65. The van der Waals surface area contributed by atoms with Gasteiger partial charge in [-0.2, -0.15) is 0 Å². The van der Waals surface area contributed by atoms with Crippen molar-refractivity contribution in [3.63, 3.8) is 0 Å². The molecule has 128 valence electrons. The number of anilines is 1. The molecule has 25 heavy (non-hydrogen) atoms. The van der Waals surface area contributed by atoms with Gasteiger partial charge in [-0.25, -0.2) is 9.50 Å². The van der Waals surface area contributed by atoms with E-state index in [1.54, 1.807) is 0 Å². The molecule has 5 rings (SSSR count). The first-order chi connectivity index (χ1) is 12.3. The van der Waals surface area contributed by atoms with E-state index in [9.17, 15) is 0 Å². The maximum absolute atomic E-state index is 4.97. The van der Waals surface area contributed by atoms with Gasteiger partial charge >= 0.3 is 0 Å². The first-order valence-corrected chi connectivity index (χ1v) is 9.08. The normalized spacial score (nSPS) is 21.0. The van der Waals surface area contributed by atoms with Crippen molar-refractivity contribution in [3.8, 4) is 11.3 Å². The number of nitrogens with one attached hydrogen (secondary N) is 1. The number of hydrogen-bond acceptors (Lipinski definition) is 5. The zero-order valence-electron chi connectivity index (χ0n) is 14.4. The summed E-state index contributed by atoms with van der Waals surface area (Å²) in [6.07, 6.45) is 6.13. The Morgan fingerprint density at radius 3 is 2.72 bits per heavy atom. The monoisotopic (exact) mass is 334 g/mol. The van der Waals surface area contributed by atoms with Crippen LogP contribution in [0.1, 0.15) is 31.4 Å². The molecule has 6 heteroatoms. The minimum absolute atomic E-state index is 0.482. The molecule has 1 aliphatic heterocycles. The SMILES string of the molecule is CC1CN(c2ccc3nc(C4CC4)c(-c4ccncc4)n3n2)CCN1. The fraction of sp³-hybridized carbons (Fsp3) is 0.421. The number of piperazine rings is 1. The quantitative estimate of drug-likeness (QED) is 0.797. The molecule has 6 nitrogen and oxygen atoms in total. The van der Waals surface area contributed by atoms with Gasteiger partial charge in [-0.05, 0) is 44.0 Å². The zero-order valence-corrected chi connectivity index (χ0v) is 14.4. The number of imidazole rings is 1. The van der Waals surface area contributed by atoms with Crippen molar-refractivity contribution in [1.29, 1.82) is 0 Å². The molecule has 1 aliphatic carbocycles. The number of aromatic nitrogens is 4. The van der Waals surface area contributed by atoms with Crippen LogP contribution in [0.5, 0.6) is 0 Å². The van der Waals surface area contributed by atoms with Gasteiger partial charge in [0.2, 0.25) is 0 Å². The van der Waals surface area contributed by atoms with E-state index in [4.69, 9.17) is 10.1 Å². The van der Waals surface area contributed by atoms with Crippen molar-refractivity contribution in [3.05, 3.63) is 42.4 Å². The summed E-state index contributed by atoms with van der Waals surface area (Å²) in [5.74, 6) is 1.60. The smallest absolute Gasteiger partial charge is 0.154 e. The second-order valence-corrected chi connectivity index (χ2v) is 7.12. The van der Waals surface area contributed by atoms with E-state index >= 15 is 0 Å². The first kappa shape index (κ1) is 14.8. The standard InChI is InChI=1S/C19H22N6/c1-13-12-24(11-10-21-13)17-5-4-16-22-18(14-2-3-14)19(25(16)23-17)15-6-8-20-9-7-15/h4-9,13-14,21H,2-3,10-12H2,1H3. The average molecular weight is 334 g/mol. The summed E-state index contributed by atoms with van der Waals surface area (Å²) in [6, 6.07) is 8.79. The van der Waals surface area contributed by atoms with Crippen LogP contribution in [0, 0.1) is 0 Å². The van der Waals surface area contributed by atoms with Gasteiger partial charge < -0.3 is 10.2 Å². The maximum Gasteiger partial charge on any atom is 0.154 e. The summed E-state index contributed by atoms with van der Waals surface area (Å²) in [5.41, 5.74) is 4.39. The van der Waals surface area contributed by atoms with Gasteiger partial charge in [-0.3, -0.25) is 4.98 Å². The van der Waals surface area contributed by atoms with E-state index in [1.807, 2.05) is 16.9 Å². The van der Waals surface area contributed by atoms with Gasteiger partial charge in [0.15, 0.2) is 5.65 Å². The maximum atomic E-state index is 4.97. The van der Waals surface area contributed by atoms with Gasteiger partial charge in [0.1, 0.15) is 5.82 Å². The molecule has 0 amide bonds. The number of rotatable bonds is 3. The molecular formula is C19H22N6. The fourth-order valence-corrected chi connectivity index (χ4v) is 3.67. The summed E-state index contributed by atoms with van der Waals surface area (Å²) in [6.45, 7) is 5.18. The molecule has 1 N–H and O–H groups in total. The van der Waals surface area contributed by atoms with Gasteiger partial charge in [-0.15, -0.1) is 5.10 Å². The van der Waals surface area contributed by atoms with E-state index in [2.05, 4.69) is 46.4 Å².